The fourth-order valence-corrected chi connectivity index (χ4v) is 4.88. The van der Waals surface area contributed by atoms with Gasteiger partial charge in [0.15, 0.2) is 0 Å². The van der Waals surface area contributed by atoms with E-state index in [1.54, 1.807) is 0 Å². The molecule has 5 heteroatoms. The lowest BCUT2D eigenvalue weighted by molar-refractivity contribution is -0.134. The minimum atomic E-state index is 0.218. The number of rotatable bonds is 3. The zero-order chi connectivity index (χ0) is 16.0. The summed E-state index contributed by atoms with van der Waals surface area (Å²) in [6.45, 7) is 5.92. The fourth-order valence-electron chi connectivity index (χ4n) is 3.83. The monoisotopic (exact) mass is 329 g/mol. The maximum atomic E-state index is 12.9. The summed E-state index contributed by atoms with van der Waals surface area (Å²) in [4.78, 5) is 22.0. The summed E-state index contributed by atoms with van der Waals surface area (Å²) in [5.74, 6) is 2.10. The Morgan fingerprint density at radius 3 is 2.91 bits per heavy atom. The molecule has 0 bridgehead atoms. The first-order chi connectivity index (χ1) is 11.1. The summed E-state index contributed by atoms with van der Waals surface area (Å²) in [5.41, 5.74) is 0. The van der Waals surface area contributed by atoms with Gasteiger partial charge in [-0.25, -0.2) is 4.98 Å². The number of hydrogen-bond acceptors (Lipinski definition) is 3. The number of piperidine rings is 1. The average molecular weight is 329 g/mol. The van der Waals surface area contributed by atoms with Gasteiger partial charge in [-0.3, -0.25) is 4.79 Å². The third-order valence-corrected chi connectivity index (χ3v) is 6.33. The Morgan fingerprint density at radius 2 is 2.22 bits per heavy atom. The van der Waals surface area contributed by atoms with Gasteiger partial charge in [0.2, 0.25) is 5.91 Å². The highest BCUT2D eigenvalue weighted by atomic mass is 32.1. The van der Waals surface area contributed by atoms with E-state index >= 15 is 0 Å². The van der Waals surface area contributed by atoms with E-state index in [1.165, 1.54) is 9.75 Å². The minimum absolute atomic E-state index is 0.218. The Morgan fingerprint density at radius 1 is 1.35 bits per heavy atom. The summed E-state index contributed by atoms with van der Waals surface area (Å²) in [6, 6.07) is 4.75. The number of nitrogens with zero attached hydrogens (tertiary/aromatic N) is 3. The van der Waals surface area contributed by atoms with Gasteiger partial charge in [0.1, 0.15) is 5.82 Å². The van der Waals surface area contributed by atoms with Gasteiger partial charge in [-0.15, -0.1) is 11.3 Å². The normalized spacial score (nSPS) is 27.2. The van der Waals surface area contributed by atoms with E-state index in [2.05, 4.69) is 33.5 Å². The van der Waals surface area contributed by atoms with E-state index < -0.39 is 0 Å². The molecule has 122 valence electrons. The van der Waals surface area contributed by atoms with Gasteiger partial charge < -0.3 is 9.47 Å². The van der Waals surface area contributed by atoms with Gasteiger partial charge in [0.05, 0.1) is 6.04 Å². The summed E-state index contributed by atoms with van der Waals surface area (Å²) in [5, 5.41) is 0. The SMILES string of the molecule is Cc1ccc(C2CC2C(=O)N2CCCC(n3ccnc3C)C2)s1. The van der Waals surface area contributed by atoms with Crippen LogP contribution in [0, 0.1) is 19.8 Å². The van der Waals surface area contributed by atoms with E-state index in [0.29, 0.717) is 17.9 Å². The molecule has 4 rings (SSSR count). The number of carbonyl (C=O) groups excluding carboxylic acids is 1. The third kappa shape index (κ3) is 2.82. The Bertz CT molecular complexity index is 719. The standard InChI is InChI=1S/C18H23N3OS/c1-12-5-6-17(23-12)15-10-16(15)18(22)20-8-3-4-14(11-20)21-9-7-19-13(21)2/h5-7,9,14-16H,3-4,8,10-11H2,1-2H3. The highest BCUT2D eigenvalue weighted by Gasteiger charge is 2.47. The molecule has 0 aromatic carbocycles. The molecule has 0 radical (unpaired) electrons. The van der Waals surface area contributed by atoms with Crippen molar-refractivity contribution in [2.24, 2.45) is 5.92 Å². The van der Waals surface area contributed by atoms with Crippen LogP contribution in [0.4, 0.5) is 0 Å². The molecule has 1 aliphatic heterocycles. The van der Waals surface area contributed by atoms with Gasteiger partial charge in [0.25, 0.3) is 0 Å². The van der Waals surface area contributed by atoms with Crippen molar-refractivity contribution in [1.82, 2.24) is 14.5 Å². The fraction of sp³-hybridized carbons (Fsp3) is 0.556. The largest absolute Gasteiger partial charge is 0.340 e. The second kappa shape index (κ2) is 5.78. The number of imidazole rings is 1. The highest BCUT2D eigenvalue weighted by Crippen LogP contribution is 2.50. The lowest BCUT2D eigenvalue weighted by atomic mass is 10.0. The zero-order valence-corrected chi connectivity index (χ0v) is 14.6. The van der Waals surface area contributed by atoms with Crippen LogP contribution in [-0.4, -0.2) is 33.4 Å². The van der Waals surface area contributed by atoms with Crippen LogP contribution < -0.4 is 0 Å². The van der Waals surface area contributed by atoms with Crippen molar-refractivity contribution in [1.29, 1.82) is 0 Å². The Hall–Kier alpha value is -1.62. The zero-order valence-electron chi connectivity index (χ0n) is 13.7. The minimum Gasteiger partial charge on any atom is -0.340 e. The second-order valence-corrected chi connectivity index (χ2v) is 8.18. The van der Waals surface area contributed by atoms with E-state index in [9.17, 15) is 4.79 Å². The molecular weight excluding hydrogens is 306 g/mol. The highest BCUT2D eigenvalue weighted by molar-refractivity contribution is 7.12. The molecule has 0 N–H and O–H groups in total. The van der Waals surface area contributed by atoms with Crippen molar-refractivity contribution in [3.05, 3.63) is 40.1 Å². The topological polar surface area (TPSA) is 38.1 Å². The molecule has 2 fully saturated rings. The first kappa shape index (κ1) is 14.9. The first-order valence-electron chi connectivity index (χ1n) is 8.48. The summed E-state index contributed by atoms with van der Waals surface area (Å²) < 4.78 is 2.23. The van der Waals surface area contributed by atoms with Crippen LogP contribution >= 0.6 is 11.3 Å². The first-order valence-corrected chi connectivity index (χ1v) is 9.29. The van der Waals surface area contributed by atoms with Crippen molar-refractivity contribution in [3.63, 3.8) is 0 Å². The van der Waals surface area contributed by atoms with Crippen molar-refractivity contribution < 1.29 is 4.79 Å². The van der Waals surface area contributed by atoms with Crippen LogP contribution in [-0.2, 0) is 4.79 Å². The predicted octanol–water partition coefficient (Wildman–Crippen LogP) is 3.53. The number of aromatic nitrogens is 2. The van der Waals surface area contributed by atoms with Gasteiger partial charge in [-0.05, 0) is 45.2 Å². The van der Waals surface area contributed by atoms with E-state index in [1.807, 2.05) is 30.7 Å². The van der Waals surface area contributed by atoms with Crippen LogP contribution in [0.25, 0.3) is 0 Å². The van der Waals surface area contributed by atoms with Crippen LogP contribution in [0.15, 0.2) is 24.5 Å². The van der Waals surface area contributed by atoms with Crippen molar-refractivity contribution >= 4 is 17.2 Å². The molecule has 3 unspecified atom stereocenters. The Balaban J connectivity index is 1.42. The van der Waals surface area contributed by atoms with E-state index in [-0.39, 0.29) is 5.92 Å². The number of thiophene rings is 1. The van der Waals surface area contributed by atoms with Crippen molar-refractivity contribution in [2.45, 2.75) is 45.1 Å². The molecule has 1 amide bonds. The van der Waals surface area contributed by atoms with Crippen molar-refractivity contribution in [3.8, 4) is 0 Å². The maximum absolute atomic E-state index is 12.9. The van der Waals surface area contributed by atoms with E-state index in [0.717, 1.165) is 38.2 Å². The molecule has 1 aliphatic carbocycles. The van der Waals surface area contributed by atoms with E-state index in [4.69, 9.17) is 0 Å². The number of likely N-dealkylation sites (tertiary alicyclic amines) is 1. The molecular formula is C18H23N3OS. The number of aryl methyl sites for hydroxylation is 2. The quantitative estimate of drug-likeness (QED) is 0.864. The molecule has 2 aromatic heterocycles. The Labute approximate surface area is 141 Å². The molecule has 2 aliphatic rings. The van der Waals surface area contributed by atoms with Crippen LogP contribution in [0.3, 0.4) is 0 Å². The smallest absolute Gasteiger partial charge is 0.226 e. The molecule has 23 heavy (non-hydrogen) atoms. The summed E-state index contributed by atoms with van der Waals surface area (Å²) in [7, 11) is 0. The van der Waals surface area contributed by atoms with Crippen LogP contribution in [0.5, 0.6) is 0 Å². The van der Waals surface area contributed by atoms with Gasteiger partial charge in [0, 0.05) is 47.1 Å². The third-order valence-electron chi connectivity index (χ3n) is 5.20. The molecule has 1 saturated heterocycles. The second-order valence-electron chi connectivity index (χ2n) is 6.86. The molecule has 2 aromatic rings. The van der Waals surface area contributed by atoms with Crippen molar-refractivity contribution in [2.75, 3.05) is 13.1 Å². The van der Waals surface area contributed by atoms with Gasteiger partial charge in [-0.1, -0.05) is 0 Å². The number of hydrogen-bond donors (Lipinski definition) is 0. The van der Waals surface area contributed by atoms with Gasteiger partial charge >= 0.3 is 0 Å². The van der Waals surface area contributed by atoms with Crippen LogP contribution in [0.1, 0.15) is 46.8 Å². The maximum Gasteiger partial charge on any atom is 0.226 e. The molecule has 3 heterocycles. The number of amides is 1. The average Bonchev–Trinajstić information content (AvgIpc) is 3.05. The molecule has 3 atom stereocenters. The Kier molecular flexibility index (Phi) is 3.76. The molecule has 4 nitrogen and oxygen atoms in total. The summed E-state index contributed by atoms with van der Waals surface area (Å²) in [6.07, 6.45) is 7.15. The predicted molar refractivity (Wildman–Crippen MR) is 91.7 cm³/mol. The molecule has 0 spiro atoms. The summed E-state index contributed by atoms with van der Waals surface area (Å²) >= 11 is 1.84. The lowest BCUT2D eigenvalue weighted by Crippen LogP contribution is -2.41. The van der Waals surface area contributed by atoms with Gasteiger partial charge in [-0.2, -0.15) is 0 Å². The molecule has 1 saturated carbocycles. The number of carbonyl (C=O) groups is 1. The van der Waals surface area contributed by atoms with Crippen LogP contribution in [0.2, 0.25) is 0 Å². The lowest BCUT2D eigenvalue weighted by Gasteiger charge is -2.34.